The number of carboxylic acid groups (broad SMARTS) is 1. The molecule has 19 heavy (non-hydrogen) atoms. The molecule has 0 aliphatic rings. The van der Waals surface area contributed by atoms with E-state index in [1.165, 1.54) is 0 Å². The summed E-state index contributed by atoms with van der Waals surface area (Å²) in [5.74, 6) is -0.947. The second-order valence-corrected chi connectivity index (χ2v) is 4.14. The van der Waals surface area contributed by atoms with Crippen molar-refractivity contribution in [1.29, 1.82) is 0 Å². The minimum Gasteiger partial charge on any atom is -0.478 e. The molecule has 0 aliphatic heterocycles. The van der Waals surface area contributed by atoms with E-state index in [1.54, 1.807) is 6.08 Å². The van der Waals surface area contributed by atoms with Gasteiger partial charge in [0.2, 0.25) is 0 Å². The number of rotatable bonds is 4. The van der Waals surface area contributed by atoms with Crippen LogP contribution in [0.25, 0.3) is 11.6 Å². The summed E-state index contributed by atoms with van der Waals surface area (Å²) in [5, 5.41) is 8.57. The molecular weight excluding hydrogens is 236 g/mol. The molecule has 0 atom stereocenters. The third-order valence-corrected chi connectivity index (χ3v) is 2.80. The van der Waals surface area contributed by atoms with Crippen LogP contribution in [0.2, 0.25) is 0 Å². The molecule has 0 radical (unpaired) electrons. The van der Waals surface area contributed by atoms with E-state index >= 15 is 0 Å². The predicted octanol–water partition coefficient (Wildman–Crippen LogP) is 3.85. The van der Waals surface area contributed by atoms with E-state index in [1.807, 2.05) is 54.6 Å². The molecule has 2 aromatic rings. The SMILES string of the molecule is C=C(c1ccccc1)c1ccc(/C=C/C(=O)O)cc1. The molecule has 2 rings (SSSR count). The van der Waals surface area contributed by atoms with Crippen molar-refractivity contribution in [3.8, 4) is 0 Å². The maximum Gasteiger partial charge on any atom is 0.328 e. The summed E-state index contributed by atoms with van der Waals surface area (Å²) in [7, 11) is 0. The second-order valence-electron chi connectivity index (χ2n) is 4.14. The molecule has 0 aromatic heterocycles. The van der Waals surface area contributed by atoms with Crippen LogP contribution in [0.3, 0.4) is 0 Å². The largest absolute Gasteiger partial charge is 0.478 e. The summed E-state index contributed by atoms with van der Waals surface area (Å²) >= 11 is 0. The Balaban J connectivity index is 2.19. The maximum absolute atomic E-state index is 10.4. The molecule has 0 amide bonds. The molecule has 0 unspecified atom stereocenters. The summed E-state index contributed by atoms with van der Waals surface area (Å²) in [6.45, 7) is 4.09. The number of hydrogen-bond acceptors (Lipinski definition) is 1. The van der Waals surface area contributed by atoms with Gasteiger partial charge < -0.3 is 5.11 Å². The molecule has 0 bridgehead atoms. The molecule has 0 saturated carbocycles. The maximum atomic E-state index is 10.4. The monoisotopic (exact) mass is 250 g/mol. The van der Waals surface area contributed by atoms with Gasteiger partial charge in [-0.1, -0.05) is 61.2 Å². The van der Waals surface area contributed by atoms with Crippen LogP contribution in [-0.2, 0) is 4.79 Å². The second kappa shape index (κ2) is 5.83. The third kappa shape index (κ3) is 3.42. The summed E-state index contributed by atoms with van der Waals surface area (Å²) in [6, 6.07) is 17.6. The van der Waals surface area contributed by atoms with E-state index in [-0.39, 0.29) is 0 Å². The summed E-state index contributed by atoms with van der Waals surface area (Å²) < 4.78 is 0. The quantitative estimate of drug-likeness (QED) is 0.837. The van der Waals surface area contributed by atoms with Crippen LogP contribution in [0.15, 0.2) is 67.3 Å². The van der Waals surface area contributed by atoms with Gasteiger partial charge in [-0.2, -0.15) is 0 Å². The van der Waals surface area contributed by atoms with Gasteiger partial charge in [0.25, 0.3) is 0 Å². The van der Waals surface area contributed by atoms with Gasteiger partial charge in [-0.15, -0.1) is 0 Å². The zero-order valence-corrected chi connectivity index (χ0v) is 10.4. The smallest absolute Gasteiger partial charge is 0.328 e. The minimum atomic E-state index is -0.947. The molecule has 2 heteroatoms. The Labute approximate surface area is 112 Å². The Morgan fingerprint density at radius 3 is 2.11 bits per heavy atom. The average molecular weight is 250 g/mol. The molecule has 0 fully saturated rings. The lowest BCUT2D eigenvalue weighted by molar-refractivity contribution is -0.131. The lowest BCUT2D eigenvalue weighted by Gasteiger charge is -2.06. The van der Waals surface area contributed by atoms with Gasteiger partial charge in [0.1, 0.15) is 0 Å². The van der Waals surface area contributed by atoms with Crippen LogP contribution >= 0.6 is 0 Å². The summed E-state index contributed by atoms with van der Waals surface area (Å²) in [6.07, 6.45) is 2.69. The van der Waals surface area contributed by atoms with Crippen LogP contribution in [0.1, 0.15) is 16.7 Å². The molecule has 0 spiro atoms. The van der Waals surface area contributed by atoms with Crippen LogP contribution < -0.4 is 0 Å². The third-order valence-electron chi connectivity index (χ3n) is 2.80. The van der Waals surface area contributed by atoms with E-state index in [9.17, 15) is 4.79 Å². The standard InChI is InChI=1S/C17H14O2/c1-13(15-5-3-2-4-6-15)16-10-7-14(8-11-16)9-12-17(18)19/h2-12H,1H2,(H,18,19)/b12-9+. The number of carboxylic acids is 1. The highest BCUT2D eigenvalue weighted by atomic mass is 16.4. The van der Waals surface area contributed by atoms with Crippen molar-refractivity contribution in [2.45, 2.75) is 0 Å². The first-order chi connectivity index (χ1) is 9.16. The van der Waals surface area contributed by atoms with Gasteiger partial charge in [-0.25, -0.2) is 4.79 Å². The Kier molecular flexibility index (Phi) is 3.94. The van der Waals surface area contributed by atoms with Crippen LogP contribution in [0.5, 0.6) is 0 Å². The van der Waals surface area contributed by atoms with Gasteiger partial charge in [0.05, 0.1) is 0 Å². The van der Waals surface area contributed by atoms with Gasteiger partial charge in [0, 0.05) is 6.08 Å². The number of benzene rings is 2. The van der Waals surface area contributed by atoms with Gasteiger partial charge in [-0.3, -0.25) is 0 Å². The van der Waals surface area contributed by atoms with E-state index in [0.717, 1.165) is 28.3 Å². The normalized spacial score (nSPS) is 10.5. The van der Waals surface area contributed by atoms with Crippen molar-refractivity contribution in [1.82, 2.24) is 0 Å². The predicted molar refractivity (Wildman–Crippen MR) is 77.7 cm³/mol. The lowest BCUT2D eigenvalue weighted by Crippen LogP contribution is -1.87. The first-order valence-electron chi connectivity index (χ1n) is 5.92. The van der Waals surface area contributed by atoms with Crippen molar-refractivity contribution < 1.29 is 9.90 Å². The minimum absolute atomic E-state index is 0.854. The van der Waals surface area contributed by atoms with Crippen LogP contribution in [-0.4, -0.2) is 11.1 Å². The molecule has 94 valence electrons. The molecule has 0 aliphatic carbocycles. The van der Waals surface area contributed by atoms with Crippen LogP contribution in [0.4, 0.5) is 0 Å². The van der Waals surface area contributed by atoms with Gasteiger partial charge in [0.15, 0.2) is 0 Å². The Morgan fingerprint density at radius 2 is 1.53 bits per heavy atom. The topological polar surface area (TPSA) is 37.3 Å². The summed E-state index contributed by atoms with van der Waals surface area (Å²) in [5.41, 5.74) is 3.91. The average Bonchev–Trinajstić information content (AvgIpc) is 2.46. The van der Waals surface area contributed by atoms with Gasteiger partial charge >= 0.3 is 5.97 Å². The fraction of sp³-hybridized carbons (Fsp3) is 0. The van der Waals surface area contributed by atoms with E-state index < -0.39 is 5.97 Å². The first kappa shape index (κ1) is 12.8. The Morgan fingerprint density at radius 1 is 0.947 bits per heavy atom. The number of aliphatic carboxylic acids is 1. The molecule has 0 saturated heterocycles. The fourth-order valence-electron chi connectivity index (χ4n) is 1.77. The highest BCUT2D eigenvalue weighted by Crippen LogP contribution is 2.21. The van der Waals surface area contributed by atoms with Crippen molar-refractivity contribution in [3.05, 3.63) is 83.9 Å². The molecule has 0 heterocycles. The highest BCUT2D eigenvalue weighted by Gasteiger charge is 2.01. The zero-order valence-electron chi connectivity index (χ0n) is 10.4. The van der Waals surface area contributed by atoms with Crippen LogP contribution in [0, 0.1) is 0 Å². The Hall–Kier alpha value is -2.61. The van der Waals surface area contributed by atoms with Crippen molar-refractivity contribution in [2.24, 2.45) is 0 Å². The van der Waals surface area contributed by atoms with E-state index in [2.05, 4.69) is 6.58 Å². The number of hydrogen-bond donors (Lipinski definition) is 1. The molecule has 1 N–H and O–H groups in total. The van der Waals surface area contributed by atoms with Gasteiger partial charge in [-0.05, 0) is 28.3 Å². The highest BCUT2D eigenvalue weighted by molar-refractivity contribution is 5.85. The lowest BCUT2D eigenvalue weighted by atomic mass is 9.99. The summed E-state index contributed by atoms with van der Waals surface area (Å²) in [4.78, 5) is 10.4. The molecule has 2 nitrogen and oxygen atoms in total. The van der Waals surface area contributed by atoms with E-state index in [0.29, 0.717) is 0 Å². The van der Waals surface area contributed by atoms with E-state index in [4.69, 9.17) is 5.11 Å². The van der Waals surface area contributed by atoms with Crippen molar-refractivity contribution >= 4 is 17.6 Å². The van der Waals surface area contributed by atoms with Crippen molar-refractivity contribution in [3.63, 3.8) is 0 Å². The fourth-order valence-corrected chi connectivity index (χ4v) is 1.77. The molecular formula is C17H14O2. The zero-order chi connectivity index (χ0) is 13.7. The Bertz CT molecular complexity index is 607. The molecule has 2 aromatic carbocycles. The first-order valence-corrected chi connectivity index (χ1v) is 5.92. The van der Waals surface area contributed by atoms with Crippen molar-refractivity contribution in [2.75, 3.05) is 0 Å². The number of carbonyl (C=O) groups is 1.